The van der Waals surface area contributed by atoms with Crippen LogP contribution in [0.25, 0.3) is 0 Å². The van der Waals surface area contributed by atoms with Crippen LogP contribution in [0, 0.1) is 0 Å². The quantitative estimate of drug-likeness (QED) is 0.491. The van der Waals surface area contributed by atoms with Crippen molar-refractivity contribution in [3.8, 4) is 5.75 Å². The lowest BCUT2D eigenvalue weighted by Gasteiger charge is -2.17. The van der Waals surface area contributed by atoms with Crippen molar-refractivity contribution in [2.75, 3.05) is 0 Å². The molecule has 140 valence electrons. The van der Waals surface area contributed by atoms with Gasteiger partial charge in [0.15, 0.2) is 0 Å². The standard InChI is InChI=1S/C22H18N2O3S/c25-22(17-8-4-9-19(12-17)27-13-18-14-28-15-23-18)24-21(20-10-5-11-26-20)16-6-2-1-3-7-16/h1-12,14-15,21H,13H2,(H,24,25). The molecule has 4 rings (SSSR count). The number of nitrogens with one attached hydrogen (secondary N) is 1. The first-order chi connectivity index (χ1) is 13.8. The van der Waals surface area contributed by atoms with Gasteiger partial charge >= 0.3 is 0 Å². The zero-order chi connectivity index (χ0) is 19.2. The van der Waals surface area contributed by atoms with Gasteiger partial charge in [0.1, 0.15) is 24.2 Å². The number of amides is 1. The minimum absolute atomic E-state index is 0.204. The lowest BCUT2D eigenvalue weighted by Crippen LogP contribution is -2.29. The highest BCUT2D eigenvalue weighted by Gasteiger charge is 2.20. The van der Waals surface area contributed by atoms with E-state index in [1.165, 1.54) is 11.3 Å². The number of ether oxygens (including phenoxy) is 1. The molecule has 2 heterocycles. The third-order valence-corrected chi connectivity index (χ3v) is 4.84. The van der Waals surface area contributed by atoms with Crippen LogP contribution in [-0.4, -0.2) is 10.9 Å². The molecular weight excluding hydrogens is 372 g/mol. The fourth-order valence-corrected chi connectivity index (χ4v) is 3.37. The van der Waals surface area contributed by atoms with E-state index in [0.29, 0.717) is 23.7 Å². The topological polar surface area (TPSA) is 64.4 Å². The first-order valence-electron chi connectivity index (χ1n) is 8.79. The van der Waals surface area contributed by atoms with Crippen LogP contribution in [0.4, 0.5) is 0 Å². The van der Waals surface area contributed by atoms with E-state index in [9.17, 15) is 4.79 Å². The zero-order valence-corrected chi connectivity index (χ0v) is 15.8. The van der Waals surface area contributed by atoms with Gasteiger partial charge in [-0.2, -0.15) is 0 Å². The Bertz CT molecular complexity index is 1020. The molecule has 0 saturated carbocycles. The summed E-state index contributed by atoms with van der Waals surface area (Å²) in [4.78, 5) is 17.1. The summed E-state index contributed by atoms with van der Waals surface area (Å²) in [7, 11) is 0. The first-order valence-corrected chi connectivity index (χ1v) is 9.73. The van der Waals surface area contributed by atoms with Crippen molar-refractivity contribution in [2.24, 2.45) is 0 Å². The summed E-state index contributed by atoms with van der Waals surface area (Å²) in [5.41, 5.74) is 4.09. The van der Waals surface area contributed by atoms with Gasteiger partial charge in [0.2, 0.25) is 0 Å². The van der Waals surface area contributed by atoms with Crippen LogP contribution in [0.1, 0.15) is 33.4 Å². The Morgan fingerprint density at radius 1 is 1.11 bits per heavy atom. The number of aromatic nitrogens is 1. The molecule has 0 radical (unpaired) electrons. The number of benzene rings is 2. The van der Waals surface area contributed by atoms with Gasteiger partial charge in [-0.05, 0) is 35.9 Å². The van der Waals surface area contributed by atoms with Crippen molar-refractivity contribution in [1.29, 1.82) is 0 Å². The summed E-state index contributed by atoms with van der Waals surface area (Å²) in [5.74, 6) is 1.09. The fraction of sp³-hybridized carbons (Fsp3) is 0.0909. The molecule has 2 aromatic heterocycles. The van der Waals surface area contributed by atoms with Gasteiger partial charge in [0.25, 0.3) is 5.91 Å². The van der Waals surface area contributed by atoms with Crippen LogP contribution >= 0.6 is 11.3 Å². The van der Waals surface area contributed by atoms with E-state index >= 15 is 0 Å². The Labute approximate surface area is 166 Å². The van der Waals surface area contributed by atoms with Gasteiger partial charge in [-0.15, -0.1) is 11.3 Å². The molecule has 1 N–H and O–H groups in total. The fourth-order valence-electron chi connectivity index (χ4n) is 2.83. The molecule has 4 aromatic rings. The van der Waals surface area contributed by atoms with E-state index in [-0.39, 0.29) is 11.9 Å². The van der Waals surface area contributed by atoms with Crippen LogP contribution in [-0.2, 0) is 6.61 Å². The maximum absolute atomic E-state index is 12.9. The van der Waals surface area contributed by atoms with E-state index in [0.717, 1.165) is 11.3 Å². The molecule has 0 aliphatic carbocycles. The molecule has 5 nitrogen and oxygen atoms in total. The molecule has 2 aromatic carbocycles. The Balaban J connectivity index is 1.50. The number of hydrogen-bond acceptors (Lipinski definition) is 5. The molecule has 0 fully saturated rings. The number of furan rings is 1. The molecule has 0 spiro atoms. The summed E-state index contributed by atoms with van der Waals surface area (Å²) in [6.07, 6.45) is 1.60. The van der Waals surface area contributed by atoms with Crippen LogP contribution in [0.15, 0.2) is 88.3 Å². The highest BCUT2D eigenvalue weighted by atomic mass is 32.1. The van der Waals surface area contributed by atoms with E-state index in [1.807, 2.05) is 53.9 Å². The molecule has 0 aliphatic heterocycles. The largest absolute Gasteiger partial charge is 0.487 e. The average molecular weight is 390 g/mol. The molecule has 0 aliphatic rings. The predicted octanol–water partition coefficient (Wildman–Crippen LogP) is 4.83. The number of rotatable bonds is 7. The second kappa shape index (κ2) is 8.54. The van der Waals surface area contributed by atoms with Crippen LogP contribution in [0.2, 0.25) is 0 Å². The number of thiazole rings is 1. The Kier molecular flexibility index (Phi) is 5.49. The summed E-state index contributed by atoms with van der Waals surface area (Å²) in [5, 5.41) is 4.98. The molecule has 0 saturated heterocycles. The van der Waals surface area contributed by atoms with Crippen molar-refractivity contribution in [1.82, 2.24) is 10.3 Å². The zero-order valence-electron chi connectivity index (χ0n) is 14.9. The van der Waals surface area contributed by atoms with Gasteiger partial charge in [-0.1, -0.05) is 36.4 Å². The van der Waals surface area contributed by atoms with E-state index in [1.54, 1.807) is 30.0 Å². The lowest BCUT2D eigenvalue weighted by atomic mass is 10.0. The van der Waals surface area contributed by atoms with Gasteiger partial charge < -0.3 is 14.5 Å². The number of nitrogens with zero attached hydrogens (tertiary/aromatic N) is 1. The minimum atomic E-state index is -0.372. The minimum Gasteiger partial charge on any atom is -0.487 e. The van der Waals surface area contributed by atoms with E-state index in [2.05, 4.69) is 10.3 Å². The van der Waals surface area contributed by atoms with Gasteiger partial charge in [0, 0.05) is 10.9 Å². The molecule has 1 unspecified atom stereocenters. The molecule has 28 heavy (non-hydrogen) atoms. The van der Waals surface area contributed by atoms with Crippen molar-refractivity contribution in [2.45, 2.75) is 12.6 Å². The average Bonchev–Trinajstić information content (AvgIpc) is 3.45. The maximum Gasteiger partial charge on any atom is 0.252 e. The summed E-state index contributed by atoms with van der Waals surface area (Å²) in [6, 6.07) is 20.1. The third kappa shape index (κ3) is 4.29. The Morgan fingerprint density at radius 2 is 2.00 bits per heavy atom. The highest BCUT2D eigenvalue weighted by molar-refractivity contribution is 7.07. The van der Waals surface area contributed by atoms with Crippen LogP contribution < -0.4 is 10.1 Å². The van der Waals surface area contributed by atoms with Crippen molar-refractivity contribution in [3.05, 3.63) is 106 Å². The van der Waals surface area contributed by atoms with Gasteiger partial charge in [-0.3, -0.25) is 4.79 Å². The predicted molar refractivity (Wildman–Crippen MR) is 107 cm³/mol. The Morgan fingerprint density at radius 3 is 2.75 bits per heavy atom. The van der Waals surface area contributed by atoms with Crippen molar-refractivity contribution in [3.63, 3.8) is 0 Å². The first kappa shape index (κ1) is 18.0. The summed E-state index contributed by atoms with van der Waals surface area (Å²) >= 11 is 1.52. The van der Waals surface area contributed by atoms with Crippen LogP contribution in [0.3, 0.4) is 0 Å². The summed E-state index contributed by atoms with van der Waals surface area (Å²) < 4.78 is 11.3. The maximum atomic E-state index is 12.9. The lowest BCUT2D eigenvalue weighted by molar-refractivity contribution is 0.0938. The molecule has 0 bridgehead atoms. The van der Waals surface area contributed by atoms with E-state index < -0.39 is 0 Å². The summed E-state index contributed by atoms with van der Waals surface area (Å²) in [6.45, 7) is 0.369. The van der Waals surface area contributed by atoms with Crippen molar-refractivity contribution >= 4 is 17.2 Å². The highest BCUT2D eigenvalue weighted by Crippen LogP contribution is 2.23. The monoisotopic (exact) mass is 390 g/mol. The van der Waals surface area contributed by atoms with Gasteiger partial charge in [-0.25, -0.2) is 4.98 Å². The number of carbonyl (C=O) groups excluding carboxylic acids is 1. The Hall–Kier alpha value is -3.38. The van der Waals surface area contributed by atoms with Crippen molar-refractivity contribution < 1.29 is 13.9 Å². The number of hydrogen-bond donors (Lipinski definition) is 1. The molecular formula is C22H18N2O3S. The second-order valence-corrected chi connectivity index (χ2v) is 6.85. The third-order valence-electron chi connectivity index (χ3n) is 4.20. The van der Waals surface area contributed by atoms with Crippen LogP contribution in [0.5, 0.6) is 5.75 Å². The van der Waals surface area contributed by atoms with E-state index in [4.69, 9.17) is 9.15 Å². The SMILES string of the molecule is O=C(NC(c1ccccc1)c1ccco1)c1cccc(OCc2cscn2)c1. The molecule has 1 atom stereocenters. The van der Waals surface area contributed by atoms with Gasteiger partial charge in [0.05, 0.1) is 17.5 Å². The number of carbonyl (C=O) groups is 1. The smallest absolute Gasteiger partial charge is 0.252 e. The molecule has 1 amide bonds. The normalized spacial score (nSPS) is 11.7. The second-order valence-electron chi connectivity index (χ2n) is 6.13. The molecule has 6 heteroatoms.